The molecule has 0 aromatic carbocycles. The molecule has 1 aliphatic carbocycles. The molecule has 2 N–H and O–H groups in total. The molecule has 1 aromatic rings. The molecular formula is C9H13N3OS2. The summed E-state index contributed by atoms with van der Waals surface area (Å²) in [6.07, 6.45) is 1.95. The van der Waals surface area contributed by atoms with Crippen molar-refractivity contribution in [3.05, 3.63) is 11.7 Å². The molecule has 82 valence electrons. The third-order valence-corrected chi connectivity index (χ3v) is 5.51. The van der Waals surface area contributed by atoms with Gasteiger partial charge in [0.1, 0.15) is 0 Å². The monoisotopic (exact) mass is 243 g/mol. The molecule has 4 nitrogen and oxygen atoms in total. The van der Waals surface area contributed by atoms with Crippen LogP contribution in [0.15, 0.2) is 4.52 Å². The van der Waals surface area contributed by atoms with Crippen molar-refractivity contribution < 1.29 is 4.52 Å². The Labute approximate surface area is 96.7 Å². The van der Waals surface area contributed by atoms with Gasteiger partial charge in [-0.2, -0.15) is 16.7 Å². The van der Waals surface area contributed by atoms with Gasteiger partial charge in [0.15, 0.2) is 5.82 Å². The molecule has 1 saturated carbocycles. The number of nitrogens with two attached hydrogens (primary N) is 1. The molecule has 0 bridgehead atoms. The molecule has 6 heteroatoms. The second kappa shape index (κ2) is 3.68. The van der Waals surface area contributed by atoms with Gasteiger partial charge in [-0.05, 0) is 12.8 Å². The molecule has 1 aromatic heterocycles. The number of hydrogen-bond acceptors (Lipinski definition) is 6. The third kappa shape index (κ3) is 1.90. The standard InChI is InChI=1S/C9H13N3OS2/c10-9(1-2-9)8-11-7(12-13-8)6-5-14-3-4-15-6/h6H,1-5,10H2. The molecule has 15 heavy (non-hydrogen) atoms. The normalized spacial score (nSPS) is 29.0. The maximum Gasteiger partial charge on any atom is 0.246 e. The quantitative estimate of drug-likeness (QED) is 0.850. The summed E-state index contributed by atoms with van der Waals surface area (Å²) < 4.78 is 5.24. The van der Waals surface area contributed by atoms with Crippen LogP contribution in [0.4, 0.5) is 0 Å². The Morgan fingerprint density at radius 3 is 2.93 bits per heavy atom. The number of nitrogens with zero attached hydrogens (tertiary/aromatic N) is 2. The Morgan fingerprint density at radius 1 is 1.40 bits per heavy atom. The van der Waals surface area contributed by atoms with Crippen LogP contribution in [0.5, 0.6) is 0 Å². The van der Waals surface area contributed by atoms with E-state index in [9.17, 15) is 0 Å². The zero-order valence-electron chi connectivity index (χ0n) is 8.31. The van der Waals surface area contributed by atoms with Gasteiger partial charge < -0.3 is 10.3 Å². The number of rotatable bonds is 2. The molecule has 2 fully saturated rings. The molecule has 0 spiro atoms. The van der Waals surface area contributed by atoms with Crippen molar-refractivity contribution in [2.24, 2.45) is 5.73 Å². The fraction of sp³-hybridized carbons (Fsp3) is 0.778. The van der Waals surface area contributed by atoms with E-state index in [4.69, 9.17) is 10.3 Å². The van der Waals surface area contributed by atoms with Gasteiger partial charge in [-0.15, -0.1) is 11.8 Å². The fourth-order valence-corrected chi connectivity index (χ4v) is 4.14. The smallest absolute Gasteiger partial charge is 0.246 e. The van der Waals surface area contributed by atoms with Gasteiger partial charge in [0.25, 0.3) is 0 Å². The van der Waals surface area contributed by atoms with E-state index in [2.05, 4.69) is 10.1 Å². The van der Waals surface area contributed by atoms with Crippen LogP contribution in [-0.4, -0.2) is 27.4 Å². The second-order valence-corrected chi connectivity index (χ2v) is 6.51. The van der Waals surface area contributed by atoms with Crippen molar-refractivity contribution in [2.75, 3.05) is 17.3 Å². The van der Waals surface area contributed by atoms with Crippen molar-refractivity contribution in [1.82, 2.24) is 10.1 Å². The SMILES string of the molecule is NC1(c2nc(C3CSCCS3)no2)CC1. The van der Waals surface area contributed by atoms with Crippen molar-refractivity contribution in [3.63, 3.8) is 0 Å². The van der Waals surface area contributed by atoms with E-state index in [1.807, 2.05) is 23.5 Å². The minimum atomic E-state index is -0.294. The van der Waals surface area contributed by atoms with Gasteiger partial charge in [0.2, 0.25) is 5.89 Å². The molecule has 1 saturated heterocycles. The highest BCUT2D eigenvalue weighted by Gasteiger charge is 2.46. The van der Waals surface area contributed by atoms with Gasteiger partial charge >= 0.3 is 0 Å². The predicted octanol–water partition coefficient (Wildman–Crippen LogP) is 1.54. The van der Waals surface area contributed by atoms with Crippen LogP contribution in [0, 0.1) is 0 Å². The summed E-state index contributed by atoms with van der Waals surface area (Å²) in [5.41, 5.74) is 5.71. The molecular weight excluding hydrogens is 230 g/mol. The summed E-state index contributed by atoms with van der Waals surface area (Å²) >= 11 is 3.87. The van der Waals surface area contributed by atoms with Crippen molar-refractivity contribution >= 4 is 23.5 Å². The summed E-state index contributed by atoms with van der Waals surface area (Å²) in [7, 11) is 0. The van der Waals surface area contributed by atoms with Gasteiger partial charge in [-0.1, -0.05) is 5.16 Å². The first-order valence-corrected chi connectivity index (χ1v) is 7.31. The van der Waals surface area contributed by atoms with Crippen LogP contribution in [0.2, 0.25) is 0 Å². The van der Waals surface area contributed by atoms with Gasteiger partial charge in [-0.25, -0.2) is 0 Å². The molecule has 2 aliphatic rings. The Balaban J connectivity index is 1.77. The second-order valence-electron chi connectivity index (χ2n) is 4.05. The molecule has 0 radical (unpaired) electrons. The van der Waals surface area contributed by atoms with Gasteiger partial charge in [-0.3, -0.25) is 0 Å². The van der Waals surface area contributed by atoms with Crippen LogP contribution < -0.4 is 5.73 Å². The zero-order chi connectivity index (χ0) is 10.3. The lowest BCUT2D eigenvalue weighted by atomic mass is 10.3. The zero-order valence-corrected chi connectivity index (χ0v) is 9.94. The average Bonchev–Trinajstić information content (AvgIpc) is 2.85. The molecule has 1 unspecified atom stereocenters. The van der Waals surface area contributed by atoms with Crippen LogP contribution in [0.3, 0.4) is 0 Å². The van der Waals surface area contributed by atoms with Crippen molar-refractivity contribution in [2.45, 2.75) is 23.6 Å². The van der Waals surface area contributed by atoms with E-state index in [1.54, 1.807) is 0 Å². The molecule has 2 heterocycles. The topological polar surface area (TPSA) is 64.9 Å². The van der Waals surface area contributed by atoms with E-state index in [1.165, 1.54) is 11.5 Å². The Morgan fingerprint density at radius 2 is 2.27 bits per heavy atom. The minimum Gasteiger partial charge on any atom is -0.337 e. The van der Waals surface area contributed by atoms with E-state index < -0.39 is 0 Å². The Hall–Kier alpha value is -0.200. The van der Waals surface area contributed by atoms with E-state index in [-0.39, 0.29) is 5.54 Å². The summed E-state index contributed by atoms with van der Waals surface area (Å²) in [6, 6.07) is 0. The van der Waals surface area contributed by atoms with Crippen LogP contribution >= 0.6 is 23.5 Å². The number of thioether (sulfide) groups is 2. The van der Waals surface area contributed by atoms with E-state index >= 15 is 0 Å². The summed E-state index contributed by atoms with van der Waals surface area (Å²) in [4.78, 5) is 4.43. The molecule has 1 aliphatic heterocycles. The highest BCUT2D eigenvalue weighted by molar-refractivity contribution is 8.06. The fourth-order valence-electron chi connectivity index (χ4n) is 1.55. The Bertz CT molecular complexity index is 358. The van der Waals surface area contributed by atoms with E-state index in [0.29, 0.717) is 11.1 Å². The first-order valence-electron chi connectivity index (χ1n) is 5.10. The highest BCUT2D eigenvalue weighted by Crippen LogP contribution is 2.43. The van der Waals surface area contributed by atoms with Crippen molar-refractivity contribution in [1.29, 1.82) is 0 Å². The number of aromatic nitrogens is 2. The lowest BCUT2D eigenvalue weighted by Gasteiger charge is -2.17. The highest BCUT2D eigenvalue weighted by atomic mass is 32.2. The third-order valence-electron chi connectivity index (χ3n) is 2.76. The van der Waals surface area contributed by atoms with Crippen molar-refractivity contribution in [3.8, 4) is 0 Å². The lowest BCUT2D eigenvalue weighted by Crippen LogP contribution is -2.19. The van der Waals surface area contributed by atoms with Gasteiger partial charge in [0.05, 0.1) is 10.8 Å². The summed E-state index contributed by atoms with van der Waals surface area (Å²) in [5, 5.41) is 4.44. The summed E-state index contributed by atoms with van der Waals surface area (Å²) in [5.74, 6) is 4.95. The number of hydrogen-bond donors (Lipinski definition) is 1. The van der Waals surface area contributed by atoms with E-state index in [0.717, 1.165) is 24.4 Å². The molecule has 3 rings (SSSR count). The molecule has 1 atom stereocenters. The van der Waals surface area contributed by atoms with Gasteiger partial charge in [0, 0.05) is 17.3 Å². The maximum absolute atomic E-state index is 6.00. The predicted molar refractivity (Wildman–Crippen MR) is 61.9 cm³/mol. The lowest BCUT2D eigenvalue weighted by molar-refractivity contribution is 0.344. The first kappa shape index (κ1) is 9.99. The van der Waals surface area contributed by atoms with Crippen LogP contribution in [0.25, 0.3) is 0 Å². The van der Waals surface area contributed by atoms with Crippen LogP contribution in [0.1, 0.15) is 29.8 Å². The van der Waals surface area contributed by atoms with Crippen LogP contribution in [-0.2, 0) is 5.54 Å². The molecule has 0 amide bonds. The summed E-state index contributed by atoms with van der Waals surface area (Å²) in [6.45, 7) is 0. The maximum atomic E-state index is 6.00. The average molecular weight is 243 g/mol. The largest absolute Gasteiger partial charge is 0.337 e. The Kier molecular flexibility index (Phi) is 2.45. The first-order chi connectivity index (χ1) is 7.28. The minimum absolute atomic E-state index is 0.294.